The van der Waals surface area contributed by atoms with Gasteiger partial charge in [-0.05, 0) is 96.3 Å². The lowest BCUT2D eigenvalue weighted by Crippen LogP contribution is -2.30. The molecule has 0 rings (SSSR count). The maximum Gasteiger partial charge on any atom is 0.306 e. The van der Waals surface area contributed by atoms with E-state index in [1.54, 1.807) is 0 Å². The Morgan fingerprint density at radius 2 is 0.667 bits per heavy atom. The van der Waals surface area contributed by atoms with Gasteiger partial charge in [-0.15, -0.1) is 0 Å². The predicted molar refractivity (Wildman–Crippen MR) is 256 cm³/mol. The molecule has 0 N–H and O–H groups in total. The van der Waals surface area contributed by atoms with Crippen LogP contribution in [0.25, 0.3) is 0 Å². The van der Waals surface area contributed by atoms with Crippen LogP contribution in [0.2, 0.25) is 0 Å². The molecule has 344 valence electrons. The van der Waals surface area contributed by atoms with Crippen LogP contribution < -0.4 is 0 Å². The molecule has 6 nitrogen and oxygen atoms in total. The van der Waals surface area contributed by atoms with Gasteiger partial charge < -0.3 is 14.2 Å². The molecule has 0 aliphatic carbocycles. The SMILES string of the molecule is CC/C=C\C/C=C\C/C=C\CCCC(=O)OCC(COC(=O)CCCCCCCCC/C=C\CCCCCCCC)OC(=O)CCCCCCCCC/C=C\C/C=C\CC. The number of hydrogen-bond acceptors (Lipinski definition) is 6. The van der Waals surface area contributed by atoms with Gasteiger partial charge in [0.2, 0.25) is 0 Å². The lowest BCUT2D eigenvalue weighted by molar-refractivity contribution is -0.167. The Morgan fingerprint density at radius 1 is 0.350 bits per heavy atom. The first-order chi connectivity index (χ1) is 29.5. The molecular weight excluding hydrogens is 745 g/mol. The molecular formula is C54H92O6. The zero-order chi connectivity index (χ0) is 43.7. The molecule has 0 aliphatic heterocycles. The summed E-state index contributed by atoms with van der Waals surface area (Å²) in [6.07, 6.45) is 60.4. The molecule has 0 aliphatic rings. The summed E-state index contributed by atoms with van der Waals surface area (Å²) in [5.41, 5.74) is 0. The third-order valence-corrected chi connectivity index (χ3v) is 10.4. The summed E-state index contributed by atoms with van der Waals surface area (Å²) in [5.74, 6) is -0.967. The minimum Gasteiger partial charge on any atom is -0.462 e. The van der Waals surface area contributed by atoms with Crippen LogP contribution in [0.4, 0.5) is 0 Å². The smallest absolute Gasteiger partial charge is 0.306 e. The largest absolute Gasteiger partial charge is 0.462 e. The third-order valence-electron chi connectivity index (χ3n) is 10.4. The highest BCUT2D eigenvalue weighted by atomic mass is 16.6. The second kappa shape index (κ2) is 48.5. The molecule has 1 unspecified atom stereocenters. The average molecular weight is 837 g/mol. The van der Waals surface area contributed by atoms with Gasteiger partial charge in [0, 0.05) is 19.3 Å². The van der Waals surface area contributed by atoms with Gasteiger partial charge in [0.25, 0.3) is 0 Å². The number of carbonyl (C=O) groups excluding carboxylic acids is 3. The summed E-state index contributed by atoms with van der Waals surface area (Å²) in [6.45, 7) is 6.35. The topological polar surface area (TPSA) is 78.9 Å². The average Bonchev–Trinajstić information content (AvgIpc) is 3.24. The van der Waals surface area contributed by atoms with Crippen molar-refractivity contribution in [1.29, 1.82) is 0 Å². The fourth-order valence-corrected chi connectivity index (χ4v) is 6.73. The first kappa shape index (κ1) is 56.9. The minimum atomic E-state index is -0.800. The number of unbranched alkanes of at least 4 members (excludes halogenated alkanes) is 21. The Balaban J connectivity index is 4.41. The highest BCUT2D eigenvalue weighted by Gasteiger charge is 2.19. The van der Waals surface area contributed by atoms with Gasteiger partial charge in [0.1, 0.15) is 13.2 Å². The second-order valence-electron chi connectivity index (χ2n) is 16.3. The number of esters is 3. The Hall–Kier alpha value is -3.15. The Labute approximate surface area is 370 Å². The van der Waals surface area contributed by atoms with Gasteiger partial charge in [0.05, 0.1) is 0 Å². The van der Waals surface area contributed by atoms with Gasteiger partial charge >= 0.3 is 17.9 Å². The van der Waals surface area contributed by atoms with E-state index in [9.17, 15) is 14.4 Å². The van der Waals surface area contributed by atoms with Crippen molar-refractivity contribution in [3.63, 3.8) is 0 Å². The molecule has 0 heterocycles. The quantitative estimate of drug-likeness (QED) is 0.0263. The van der Waals surface area contributed by atoms with Crippen LogP contribution >= 0.6 is 0 Å². The molecule has 0 fully saturated rings. The molecule has 0 radical (unpaired) electrons. The first-order valence-corrected chi connectivity index (χ1v) is 24.9. The van der Waals surface area contributed by atoms with Crippen LogP contribution in [-0.4, -0.2) is 37.2 Å². The summed E-state index contributed by atoms with van der Waals surface area (Å²) >= 11 is 0. The third kappa shape index (κ3) is 45.9. The Bertz CT molecular complexity index is 1140. The van der Waals surface area contributed by atoms with Crippen molar-refractivity contribution in [2.75, 3.05) is 13.2 Å². The van der Waals surface area contributed by atoms with Gasteiger partial charge in [-0.2, -0.15) is 0 Å². The van der Waals surface area contributed by atoms with Crippen molar-refractivity contribution >= 4 is 17.9 Å². The monoisotopic (exact) mass is 837 g/mol. The van der Waals surface area contributed by atoms with E-state index in [-0.39, 0.29) is 37.5 Å². The van der Waals surface area contributed by atoms with Crippen LogP contribution in [0.5, 0.6) is 0 Å². The maximum atomic E-state index is 12.8. The highest BCUT2D eigenvalue weighted by Crippen LogP contribution is 2.14. The molecule has 0 amide bonds. The summed E-state index contributed by atoms with van der Waals surface area (Å²) in [5, 5.41) is 0. The molecule has 6 heteroatoms. The van der Waals surface area contributed by atoms with E-state index in [1.165, 1.54) is 103 Å². The van der Waals surface area contributed by atoms with Crippen molar-refractivity contribution in [1.82, 2.24) is 0 Å². The summed E-state index contributed by atoms with van der Waals surface area (Å²) in [7, 11) is 0. The van der Waals surface area contributed by atoms with Crippen molar-refractivity contribution in [3.8, 4) is 0 Å². The Kier molecular flexibility index (Phi) is 46.0. The molecule has 1 atom stereocenters. The molecule has 0 aromatic rings. The van der Waals surface area contributed by atoms with E-state index < -0.39 is 6.10 Å². The lowest BCUT2D eigenvalue weighted by atomic mass is 10.1. The van der Waals surface area contributed by atoms with E-state index in [4.69, 9.17) is 14.2 Å². The van der Waals surface area contributed by atoms with E-state index in [0.717, 1.165) is 83.5 Å². The fourth-order valence-electron chi connectivity index (χ4n) is 6.73. The van der Waals surface area contributed by atoms with E-state index in [2.05, 4.69) is 93.7 Å². The van der Waals surface area contributed by atoms with E-state index >= 15 is 0 Å². The van der Waals surface area contributed by atoms with Crippen LogP contribution in [0.15, 0.2) is 72.9 Å². The predicted octanol–water partition coefficient (Wildman–Crippen LogP) is 16.3. The normalized spacial score (nSPS) is 12.7. The molecule has 0 saturated carbocycles. The van der Waals surface area contributed by atoms with Gasteiger partial charge in [-0.25, -0.2) is 0 Å². The fraction of sp³-hybridized carbons (Fsp3) is 0.722. The zero-order valence-corrected chi connectivity index (χ0v) is 39.2. The molecule has 60 heavy (non-hydrogen) atoms. The summed E-state index contributed by atoms with van der Waals surface area (Å²) < 4.78 is 16.7. The second-order valence-corrected chi connectivity index (χ2v) is 16.3. The van der Waals surface area contributed by atoms with E-state index in [0.29, 0.717) is 19.3 Å². The minimum absolute atomic E-state index is 0.0968. The van der Waals surface area contributed by atoms with E-state index in [1.807, 2.05) is 0 Å². The van der Waals surface area contributed by atoms with Gasteiger partial charge in [0.15, 0.2) is 6.10 Å². The number of ether oxygens (including phenoxy) is 3. The van der Waals surface area contributed by atoms with Crippen LogP contribution in [0.1, 0.15) is 233 Å². The molecule has 0 aromatic carbocycles. The van der Waals surface area contributed by atoms with Crippen LogP contribution in [0, 0.1) is 0 Å². The number of rotatable bonds is 44. The number of allylic oxidation sites excluding steroid dienone is 12. The lowest BCUT2D eigenvalue weighted by Gasteiger charge is -2.18. The Morgan fingerprint density at radius 3 is 1.10 bits per heavy atom. The molecule has 0 saturated heterocycles. The van der Waals surface area contributed by atoms with Crippen molar-refractivity contribution in [3.05, 3.63) is 72.9 Å². The zero-order valence-electron chi connectivity index (χ0n) is 39.2. The summed E-state index contributed by atoms with van der Waals surface area (Å²) in [6, 6.07) is 0. The molecule has 0 aromatic heterocycles. The number of hydrogen-bond donors (Lipinski definition) is 0. The van der Waals surface area contributed by atoms with Crippen LogP contribution in [-0.2, 0) is 28.6 Å². The van der Waals surface area contributed by atoms with Crippen molar-refractivity contribution < 1.29 is 28.6 Å². The van der Waals surface area contributed by atoms with Gasteiger partial charge in [-0.1, -0.05) is 190 Å². The maximum absolute atomic E-state index is 12.8. The number of carbonyl (C=O) groups is 3. The summed E-state index contributed by atoms with van der Waals surface area (Å²) in [4.78, 5) is 37.9. The molecule has 0 spiro atoms. The van der Waals surface area contributed by atoms with Crippen molar-refractivity contribution in [2.24, 2.45) is 0 Å². The van der Waals surface area contributed by atoms with Crippen molar-refractivity contribution in [2.45, 2.75) is 239 Å². The molecule has 0 bridgehead atoms. The van der Waals surface area contributed by atoms with Gasteiger partial charge in [-0.3, -0.25) is 14.4 Å². The highest BCUT2D eigenvalue weighted by molar-refractivity contribution is 5.71. The first-order valence-electron chi connectivity index (χ1n) is 24.9. The standard InChI is InChI=1S/C54H92O6/c1-4-7-10-13-16-19-22-24-26-27-28-30-32-35-38-41-44-47-53(56)59-50-51(49-58-52(55)46-43-40-37-34-31-21-18-15-12-9-6-3)60-54(57)48-45-42-39-36-33-29-25-23-20-17-14-11-8-5-2/h8-9,11-12,17-18,20-21,24,26,34,37,51H,4-7,10,13-16,19,22-23,25,27-33,35-36,38-50H2,1-3H3/b11-8-,12-9-,20-17-,21-18-,26-24-,37-34-. The van der Waals surface area contributed by atoms with Crippen LogP contribution in [0.3, 0.4) is 0 Å².